The zero-order valence-corrected chi connectivity index (χ0v) is 9.71. The molecule has 0 spiro atoms. The Bertz CT molecular complexity index is 123. The third-order valence-electron chi connectivity index (χ3n) is 3.31. The lowest BCUT2D eigenvalue weighted by molar-refractivity contribution is 0.104. The van der Waals surface area contributed by atoms with Gasteiger partial charge in [0.2, 0.25) is 0 Å². The molecule has 0 radical (unpaired) electrons. The van der Waals surface area contributed by atoms with Crippen LogP contribution >= 0.6 is 0 Å². The second-order valence-electron chi connectivity index (χ2n) is 4.03. The molecule has 0 heterocycles. The Labute approximate surface area is 87.5 Å². The minimum absolute atomic E-state index is 0.0113. The molecule has 0 aliphatic heterocycles. The summed E-state index contributed by atoms with van der Waals surface area (Å²) in [5.41, 5.74) is -0.0113. The van der Waals surface area contributed by atoms with E-state index in [9.17, 15) is 5.11 Å². The second-order valence-corrected chi connectivity index (χ2v) is 4.03. The lowest BCUT2D eigenvalue weighted by atomic mass is 9.83. The molecule has 1 unspecified atom stereocenters. The van der Waals surface area contributed by atoms with Gasteiger partial charge in [-0.25, -0.2) is 0 Å². The van der Waals surface area contributed by atoms with Gasteiger partial charge in [0.15, 0.2) is 0 Å². The highest BCUT2D eigenvalue weighted by molar-refractivity contribution is 4.80. The summed E-state index contributed by atoms with van der Waals surface area (Å²) in [6.07, 6.45) is 2.86. The number of aliphatic hydroxyl groups excluding tert-OH is 2. The first kappa shape index (κ1) is 13.9. The molecule has 3 N–H and O–H groups in total. The normalized spacial score (nSPS) is 14.4. The van der Waals surface area contributed by atoms with Gasteiger partial charge in [-0.15, -0.1) is 0 Å². The van der Waals surface area contributed by atoms with Crippen LogP contribution in [0.5, 0.6) is 0 Å². The van der Waals surface area contributed by atoms with Crippen molar-refractivity contribution in [3.8, 4) is 0 Å². The van der Waals surface area contributed by atoms with Crippen LogP contribution in [0.3, 0.4) is 0 Å². The maximum atomic E-state index is 9.33. The zero-order chi connectivity index (χ0) is 11.0. The Morgan fingerprint density at radius 2 is 1.71 bits per heavy atom. The van der Waals surface area contributed by atoms with Crippen molar-refractivity contribution >= 4 is 0 Å². The van der Waals surface area contributed by atoms with Gasteiger partial charge in [-0.05, 0) is 19.3 Å². The molecule has 0 rings (SSSR count). The van der Waals surface area contributed by atoms with Crippen molar-refractivity contribution in [1.29, 1.82) is 0 Å². The molecule has 14 heavy (non-hydrogen) atoms. The van der Waals surface area contributed by atoms with Gasteiger partial charge >= 0.3 is 0 Å². The highest BCUT2D eigenvalue weighted by Gasteiger charge is 2.25. The third-order valence-corrected chi connectivity index (χ3v) is 3.31. The molecule has 0 aliphatic rings. The van der Waals surface area contributed by atoms with Crippen LogP contribution in [0.1, 0.15) is 40.0 Å². The minimum Gasteiger partial charge on any atom is -0.396 e. The Hall–Kier alpha value is -0.120. The van der Waals surface area contributed by atoms with Crippen LogP contribution in [0.2, 0.25) is 0 Å². The first-order valence-corrected chi connectivity index (χ1v) is 5.63. The molecule has 0 bridgehead atoms. The van der Waals surface area contributed by atoms with Crippen LogP contribution in [0.15, 0.2) is 0 Å². The molecule has 3 heteroatoms. The van der Waals surface area contributed by atoms with E-state index in [4.69, 9.17) is 5.11 Å². The van der Waals surface area contributed by atoms with Gasteiger partial charge in [0.25, 0.3) is 0 Å². The fourth-order valence-corrected chi connectivity index (χ4v) is 1.48. The van der Waals surface area contributed by atoms with Crippen molar-refractivity contribution in [3.63, 3.8) is 0 Å². The minimum atomic E-state index is -0.0113. The first-order chi connectivity index (χ1) is 6.67. The molecule has 86 valence electrons. The number of nitrogens with one attached hydrogen (secondary N) is 1. The van der Waals surface area contributed by atoms with E-state index in [0.717, 1.165) is 25.8 Å². The van der Waals surface area contributed by atoms with Crippen molar-refractivity contribution in [2.24, 2.45) is 5.41 Å². The predicted octanol–water partition coefficient (Wildman–Crippen LogP) is 1.15. The van der Waals surface area contributed by atoms with Crippen LogP contribution in [-0.4, -0.2) is 36.0 Å². The topological polar surface area (TPSA) is 52.5 Å². The first-order valence-electron chi connectivity index (χ1n) is 5.63. The zero-order valence-electron chi connectivity index (χ0n) is 9.71. The SMILES string of the molecule is CCC(CO)NCC(CC)(CC)CO. The summed E-state index contributed by atoms with van der Waals surface area (Å²) in [6, 6.07) is 0.166. The van der Waals surface area contributed by atoms with E-state index in [1.165, 1.54) is 0 Å². The van der Waals surface area contributed by atoms with Gasteiger partial charge in [0.05, 0.1) is 6.61 Å². The quantitative estimate of drug-likeness (QED) is 0.554. The maximum Gasteiger partial charge on any atom is 0.0584 e. The van der Waals surface area contributed by atoms with E-state index >= 15 is 0 Å². The monoisotopic (exact) mass is 203 g/mol. The molecule has 0 saturated carbocycles. The Balaban J connectivity index is 4.04. The van der Waals surface area contributed by atoms with E-state index in [1.807, 2.05) is 6.92 Å². The van der Waals surface area contributed by atoms with Crippen molar-refractivity contribution in [3.05, 3.63) is 0 Å². The molecule has 0 aromatic rings. The Morgan fingerprint density at radius 1 is 1.14 bits per heavy atom. The summed E-state index contributed by atoms with van der Waals surface area (Å²) < 4.78 is 0. The standard InChI is InChI=1S/C11H25NO2/c1-4-10(7-13)12-8-11(5-2,6-3)9-14/h10,12-14H,4-9H2,1-3H3. The van der Waals surface area contributed by atoms with E-state index in [2.05, 4.69) is 19.2 Å². The van der Waals surface area contributed by atoms with Crippen molar-refractivity contribution in [1.82, 2.24) is 5.32 Å². The molecule has 0 saturated heterocycles. The highest BCUT2D eigenvalue weighted by atomic mass is 16.3. The van der Waals surface area contributed by atoms with Gasteiger partial charge in [-0.1, -0.05) is 20.8 Å². The van der Waals surface area contributed by atoms with Gasteiger partial charge in [-0.3, -0.25) is 0 Å². The second kappa shape index (κ2) is 7.21. The molecular formula is C11H25NO2. The van der Waals surface area contributed by atoms with E-state index < -0.39 is 0 Å². The summed E-state index contributed by atoms with van der Waals surface area (Å²) in [7, 11) is 0. The third kappa shape index (κ3) is 3.95. The summed E-state index contributed by atoms with van der Waals surface area (Å²) >= 11 is 0. The summed E-state index contributed by atoms with van der Waals surface area (Å²) in [6.45, 7) is 7.42. The molecule has 0 fully saturated rings. The van der Waals surface area contributed by atoms with Crippen LogP contribution in [0.25, 0.3) is 0 Å². The van der Waals surface area contributed by atoms with Gasteiger partial charge in [0.1, 0.15) is 0 Å². The highest BCUT2D eigenvalue weighted by Crippen LogP contribution is 2.24. The largest absolute Gasteiger partial charge is 0.396 e. The van der Waals surface area contributed by atoms with E-state index in [1.54, 1.807) is 0 Å². The van der Waals surface area contributed by atoms with Gasteiger partial charge in [0, 0.05) is 24.6 Å². The van der Waals surface area contributed by atoms with Crippen LogP contribution in [0, 0.1) is 5.41 Å². The fourth-order valence-electron chi connectivity index (χ4n) is 1.48. The smallest absolute Gasteiger partial charge is 0.0584 e. The van der Waals surface area contributed by atoms with Gasteiger partial charge in [-0.2, -0.15) is 0 Å². The van der Waals surface area contributed by atoms with Crippen molar-refractivity contribution in [2.45, 2.75) is 46.1 Å². The number of hydrogen-bond acceptors (Lipinski definition) is 3. The molecule has 3 nitrogen and oxygen atoms in total. The van der Waals surface area contributed by atoms with Crippen molar-refractivity contribution < 1.29 is 10.2 Å². The van der Waals surface area contributed by atoms with E-state index in [-0.39, 0.29) is 24.7 Å². The molecular weight excluding hydrogens is 178 g/mol. The Kier molecular flexibility index (Phi) is 7.15. The molecule has 0 amide bonds. The maximum absolute atomic E-state index is 9.33. The predicted molar refractivity (Wildman–Crippen MR) is 59.3 cm³/mol. The molecule has 0 aromatic carbocycles. The molecule has 1 atom stereocenters. The number of hydrogen-bond donors (Lipinski definition) is 3. The fraction of sp³-hybridized carbons (Fsp3) is 1.00. The average molecular weight is 203 g/mol. The summed E-state index contributed by atoms with van der Waals surface area (Å²) in [4.78, 5) is 0. The molecule has 0 aromatic heterocycles. The number of aliphatic hydroxyl groups is 2. The van der Waals surface area contributed by atoms with Crippen LogP contribution in [-0.2, 0) is 0 Å². The van der Waals surface area contributed by atoms with Crippen LogP contribution < -0.4 is 5.32 Å². The summed E-state index contributed by atoms with van der Waals surface area (Å²) in [5, 5.41) is 21.7. The van der Waals surface area contributed by atoms with Crippen molar-refractivity contribution in [2.75, 3.05) is 19.8 Å². The van der Waals surface area contributed by atoms with Gasteiger partial charge < -0.3 is 15.5 Å². The molecule has 0 aliphatic carbocycles. The van der Waals surface area contributed by atoms with E-state index in [0.29, 0.717) is 0 Å². The lowest BCUT2D eigenvalue weighted by Crippen LogP contribution is -2.42. The number of rotatable bonds is 8. The summed E-state index contributed by atoms with van der Waals surface area (Å²) in [5.74, 6) is 0. The Morgan fingerprint density at radius 3 is 2.00 bits per heavy atom. The van der Waals surface area contributed by atoms with Crippen LogP contribution in [0.4, 0.5) is 0 Å². The lowest BCUT2D eigenvalue weighted by Gasteiger charge is -2.31. The average Bonchev–Trinajstić information content (AvgIpc) is 2.26.